The number of alkyl halides is 3. The monoisotopic (exact) mass is 483 g/mol. The molecule has 1 fully saturated rings. The predicted molar refractivity (Wildman–Crippen MR) is 121 cm³/mol. The van der Waals surface area contributed by atoms with Crippen LogP contribution in [0.1, 0.15) is 24.1 Å². The molecule has 7 nitrogen and oxygen atoms in total. The number of anilines is 2. The van der Waals surface area contributed by atoms with Crippen LogP contribution in [0.2, 0.25) is 0 Å². The Balaban J connectivity index is 1.63. The number of ether oxygens (including phenoxy) is 1. The van der Waals surface area contributed by atoms with Gasteiger partial charge in [0, 0.05) is 30.9 Å². The van der Waals surface area contributed by atoms with Crippen molar-refractivity contribution >= 4 is 34.6 Å². The summed E-state index contributed by atoms with van der Waals surface area (Å²) >= 11 is 5.53. The van der Waals surface area contributed by atoms with Gasteiger partial charge in [-0.2, -0.15) is 18.4 Å². The van der Waals surface area contributed by atoms with Crippen LogP contribution < -0.4 is 14.5 Å². The lowest BCUT2D eigenvalue weighted by Gasteiger charge is -2.30. The maximum Gasteiger partial charge on any atom is 0.419 e. The molecule has 0 spiro atoms. The number of hydrogen-bond donors (Lipinski definition) is 0. The Morgan fingerprint density at radius 1 is 1.09 bits per heavy atom. The molecule has 1 amide bonds. The standard InChI is InChI=1S/C23H16F3N5O2S/c24-23(25,26)18-12-16(14-29-19(18)13-27)31-21(32)5-3-11-30(22(31)34)15-6-8-17(9-7-15)33-20-4-1-2-10-28-20/h1-2,4,6-10,12,14H,3,5,11H2. The van der Waals surface area contributed by atoms with Gasteiger partial charge in [-0.05, 0) is 55.0 Å². The Bertz CT molecular complexity index is 1260. The third-order valence-electron chi connectivity index (χ3n) is 5.00. The second-order valence-electron chi connectivity index (χ2n) is 7.23. The number of carbonyl (C=O) groups is 1. The number of hydrogen-bond acceptors (Lipinski definition) is 6. The minimum atomic E-state index is -4.81. The maximum absolute atomic E-state index is 13.4. The minimum Gasteiger partial charge on any atom is -0.439 e. The fourth-order valence-electron chi connectivity index (χ4n) is 3.42. The van der Waals surface area contributed by atoms with Gasteiger partial charge in [-0.1, -0.05) is 6.07 Å². The number of nitrogens with zero attached hydrogens (tertiary/aromatic N) is 5. The van der Waals surface area contributed by atoms with Crippen LogP contribution in [0.25, 0.3) is 0 Å². The first-order chi connectivity index (χ1) is 16.3. The van der Waals surface area contributed by atoms with Crippen LogP contribution in [0.3, 0.4) is 0 Å². The Morgan fingerprint density at radius 3 is 2.50 bits per heavy atom. The van der Waals surface area contributed by atoms with Crippen LogP contribution in [0.5, 0.6) is 11.6 Å². The summed E-state index contributed by atoms with van der Waals surface area (Å²) in [5, 5.41) is 9.01. The molecule has 0 saturated carbocycles. The summed E-state index contributed by atoms with van der Waals surface area (Å²) in [6, 6.07) is 14.3. The van der Waals surface area contributed by atoms with Gasteiger partial charge in [-0.3, -0.25) is 9.69 Å². The smallest absolute Gasteiger partial charge is 0.419 e. The summed E-state index contributed by atoms with van der Waals surface area (Å²) in [6.45, 7) is 0.386. The molecule has 0 atom stereocenters. The Hall–Kier alpha value is -4.04. The molecule has 1 aliphatic rings. The Morgan fingerprint density at radius 2 is 1.85 bits per heavy atom. The molecule has 0 aliphatic carbocycles. The zero-order chi connectivity index (χ0) is 24.3. The molecule has 2 aromatic heterocycles. The molecule has 172 valence electrons. The van der Waals surface area contributed by atoms with Crippen molar-refractivity contribution in [2.24, 2.45) is 0 Å². The molecular weight excluding hydrogens is 467 g/mol. The SMILES string of the molecule is N#Cc1ncc(N2C(=O)CCCN(c3ccc(Oc4ccccn4)cc3)C2=S)cc1C(F)(F)F. The highest BCUT2D eigenvalue weighted by Crippen LogP contribution is 2.35. The van der Waals surface area contributed by atoms with Crippen LogP contribution >= 0.6 is 12.2 Å². The van der Waals surface area contributed by atoms with Gasteiger partial charge in [0.15, 0.2) is 10.8 Å². The van der Waals surface area contributed by atoms with E-state index >= 15 is 0 Å². The molecule has 1 aliphatic heterocycles. The van der Waals surface area contributed by atoms with E-state index in [0.717, 1.165) is 17.2 Å². The summed E-state index contributed by atoms with van der Waals surface area (Å²) in [5.74, 6) is 0.496. The van der Waals surface area contributed by atoms with Gasteiger partial charge >= 0.3 is 6.18 Å². The highest BCUT2D eigenvalue weighted by atomic mass is 32.1. The van der Waals surface area contributed by atoms with Crippen molar-refractivity contribution in [2.75, 3.05) is 16.3 Å². The Kier molecular flexibility index (Phi) is 6.43. The van der Waals surface area contributed by atoms with Crippen molar-refractivity contribution in [1.82, 2.24) is 9.97 Å². The van der Waals surface area contributed by atoms with Crippen molar-refractivity contribution < 1.29 is 22.7 Å². The minimum absolute atomic E-state index is 0.0144. The van der Waals surface area contributed by atoms with Crippen molar-refractivity contribution in [3.05, 3.63) is 72.2 Å². The second kappa shape index (κ2) is 9.44. The average molecular weight is 483 g/mol. The zero-order valence-corrected chi connectivity index (χ0v) is 18.3. The van der Waals surface area contributed by atoms with Crippen LogP contribution in [-0.4, -0.2) is 27.5 Å². The molecule has 3 aromatic rings. The van der Waals surface area contributed by atoms with Crippen molar-refractivity contribution in [1.29, 1.82) is 5.26 Å². The van der Waals surface area contributed by atoms with Crippen molar-refractivity contribution in [2.45, 2.75) is 19.0 Å². The van der Waals surface area contributed by atoms with Crippen LogP contribution in [0, 0.1) is 11.3 Å². The normalized spacial score (nSPS) is 14.5. The number of pyridine rings is 2. The Labute approximate surface area is 198 Å². The fourth-order valence-corrected chi connectivity index (χ4v) is 3.82. The lowest BCUT2D eigenvalue weighted by molar-refractivity contribution is -0.138. The fraction of sp³-hybridized carbons (Fsp3) is 0.174. The van der Waals surface area contributed by atoms with Crippen LogP contribution in [0.4, 0.5) is 24.5 Å². The molecule has 4 rings (SSSR count). The summed E-state index contributed by atoms with van der Waals surface area (Å²) in [7, 11) is 0. The van der Waals surface area contributed by atoms with Crippen LogP contribution in [-0.2, 0) is 11.0 Å². The molecule has 0 bridgehead atoms. The first-order valence-electron chi connectivity index (χ1n) is 10.1. The number of benzene rings is 1. The predicted octanol–water partition coefficient (Wildman–Crippen LogP) is 5.08. The highest BCUT2D eigenvalue weighted by Gasteiger charge is 2.37. The van der Waals surface area contributed by atoms with E-state index in [1.54, 1.807) is 53.6 Å². The third-order valence-corrected chi connectivity index (χ3v) is 5.40. The number of rotatable bonds is 4. The maximum atomic E-state index is 13.4. The largest absolute Gasteiger partial charge is 0.439 e. The van der Waals surface area contributed by atoms with Crippen LogP contribution in [0.15, 0.2) is 60.9 Å². The van der Waals surface area contributed by atoms with E-state index < -0.39 is 23.3 Å². The number of amides is 1. The summed E-state index contributed by atoms with van der Waals surface area (Å²) in [5.41, 5.74) is -1.52. The molecule has 0 radical (unpaired) electrons. The first-order valence-corrected chi connectivity index (χ1v) is 10.5. The molecule has 3 heterocycles. The van der Waals surface area contributed by atoms with E-state index in [0.29, 0.717) is 30.3 Å². The van der Waals surface area contributed by atoms with Crippen molar-refractivity contribution in [3.8, 4) is 17.7 Å². The molecular formula is C23H16F3N5O2S. The number of thiocarbonyl (C=S) groups is 1. The quantitative estimate of drug-likeness (QED) is 0.479. The van der Waals surface area contributed by atoms with E-state index in [-0.39, 0.29) is 17.2 Å². The molecule has 1 aromatic carbocycles. The van der Waals surface area contributed by atoms with Gasteiger partial charge in [0.25, 0.3) is 0 Å². The van der Waals surface area contributed by atoms with E-state index in [2.05, 4.69) is 9.97 Å². The van der Waals surface area contributed by atoms with E-state index in [4.69, 9.17) is 22.2 Å². The second-order valence-corrected chi connectivity index (χ2v) is 7.60. The van der Waals surface area contributed by atoms with Gasteiger partial charge in [0.1, 0.15) is 11.8 Å². The molecule has 0 unspecified atom stereocenters. The summed E-state index contributed by atoms with van der Waals surface area (Å²) in [6.07, 6.45) is -1.64. The molecule has 0 N–H and O–H groups in total. The summed E-state index contributed by atoms with van der Waals surface area (Å²) in [4.78, 5) is 23.2. The zero-order valence-electron chi connectivity index (χ0n) is 17.5. The van der Waals surface area contributed by atoms with E-state index in [9.17, 15) is 18.0 Å². The van der Waals surface area contributed by atoms with Gasteiger partial charge in [0.2, 0.25) is 11.8 Å². The van der Waals surface area contributed by atoms with E-state index in [1.807, 2.05) is 0 Å². The van der Waals surface area contributed by atoms with Gasteiger partial charge in [0.05, 0.1) is 17.4 Å². The molecule has 1 saturated heterocycles. The van der Waals surface area contributed by atoms with E-state index in [1.165, 1.54) is 6.07 Å². The van der Waals surface area contributed by atoms with Gasteiger partial charge < -0.3 is 9.64 Å². The highest BCUT2D eigenvalue weighted by molar-refractivity contribution is 7.81. The van der Waals surface area contributed by atoms with Crippen molar-refractivity contribution in [3.63, 3.8) is 0 Å². The topological polar surface area (TPSA) is 82.4 Å². The summed E-state index contributed by atoms with van der Waals surface area (Å²) < 4.78 is 46.0. The lowest BCUT2D eigenvalue weighted by atomic mass is 10.1. The molecule has 11 heteroatoms. The third kappa shape index (κ3) is 4.82. The lowest BCUT2D eigenvalue weighted by Crippen LogP contribution is -2.44. The first kappa shape index (κ1) is 23.1. The average Bonchev–Trinajstić information content (AvgIpc) is 2.97. The number of aromatic nitrogens is 2. The van der Waals surface area contributed by atoms with Gasteiger partial charge in [-0.15, -0.1) is 0 Å². The number of halogens is 3. The molecule has 34 heavy (non-hydrogen) atoms. The van der Waals surface area contributed by atoms with Gasteiger partial charge in [-0.25, -0.2) is 9.97 Å². The number of nitriles is 1. The number of carbonyl (C=O) groups excluding carboxylic acids is 1.